The number of amides is 1. The highest BCUT2D eigenvalue weighted by Crippen LogP contribution is 2.09. The Bertz CT molecular complexity index is 289. The van der Waals surface area contributed by atoms with Crippen LogP contribution in [0.25, 0.3) is 0 Å². The van der Waals surface area contributed by atoms with Crippen LogP contribution in [0, 0.1) is 5.41 Å². The van der Waals surface area contributed by atoms with Gasteiger partial charge in [-0.25, -0.2) is 5.43 Å². The van der Waals surface area contributed by atoms with Crippen molar-refractivity contribution in [2.75, 3.05) is 0 Å². The Morgan fingerprint density at radius 1 is 1.75 bits per heavy atom. The molecule has 1 rings (SSSR count). The first-order valence-corrected chi connectivity index (χ1v) is 3.79. The minimum Gasteiger partial charge on any atom is -0.295 e. The van der Waals surface area contributed by atoms with Crippen molar-refractivity contribution in [1.82, 2.24) is 5.43 Å². The third-order valence-corrected chi connectivity index (χ3v) is 1.85. The van der Waals surface area contributed by atoms with E-state index in [1.165, 1.54) is 6.21 Å². The molecule has 0 fully saturated rings. The smallest absolute Gasteiger partial charge is 0.289 e. The van der Waals surface area contributed by atoms with Crippen molar-refractivity contribution in [3.8, 4) is 0 Å². The van der Waals surface area contributed by atoms with Gasteiger partial charge in [-0.1, -0.05) is 12.5 Å². The molecular formula is C8H11N3O. The second-order valence-corrected chi connectivity index (χ2v) is 2.62. The lowest BCUT2D eigenvalue weighted by molar-refractivity contribution is -0.114. The number of allylic oxidation sites excluding steroid dienone is 1. The number of hydrazone groups is 1. The Hall–Kier alpha value is -1.45. The van der Waals surface area contributed by atoms with Crippen LogP contribution in [0.4, 0.5) is 0 Å². The highest BCUT2D eigenvalue weighted by atomic mass is 16.2. The van der Waals surface area contributed by atoms with E-state index in [-0.39, 0.29) is 5.71 Å². The molecule has 0 aromatic rings. The molecule has 0 unspecified atom stereocenters. The fourth-order valence-electron chi connectivity index (χ4n) is 0.912. The lowest BCUT2D eigenvalue weighted by Gasteiger charge is -2.11. The zero-order valence-electron chi connectivity index (χ0n) is 7.14. The predicted octanol–water partition coefficient (Wildman–Crippen LogP) is 0.848. The van der Waals surface area contributed by atoms with E-state index in [0.29, 0.717) is 5.57 Å². The van der Waals surface area contributed by atoms with Crippen molar-refractivity contribution in [2.45, 2.75) is 20.3 Å². The van der Waals surface area contributed by atoms with Crippen LogP contribution in [-0.2, 0) is 4.79 Å². The molecule has 0 saturated heterocycles. The molecule has 0 spiro atoms. The lowest BCUT2D eigenvalue weighted by Crippen LogP contribution is -2.33. The first-order valence-electron chi connectivity index (χ1n) is 3.79. The summed E-state index contributed by atoms with van der Waals surface area (Å²) in [7, 11) is 0. The van der Waals surface area contributed by atoms with Gasteiger partial charge in [-0.15, -0.1) is 0 Å². The zero-order chi connectivity index (χ0) is 9.14. The summed E-state index contributed by atoms with van der Waals surface area (Å²) in [6, 6.07) is 0. The van der Waals surface area contributed by atoms with Gasteiger partial charge in [0, 0.05) is 5.57 Å². The third kappa shape index (κ3) is 1.42. The van der Waals surface area contributed by atoms with Gasteiger partial charge in [0.25, 0.3) is 5.91 Å². The summed E-state index contributed by atoms with van der Waals surface area (Å²) in [5, 5.41) is 11.1. The third-order valence-electron chi connectivity index (χ3n) is 1.85. The van der Waals surface area contributed by atoms with Crippen LogP contribution in [0.2, 0.25) is 0 Å². The molecule has 1 aliphatic rings. The van der Waals surface area contributed by atoms with Gasteiger partial charge in [-0.3, -0.25) is 10.2 Å². The summed E-state index contributed by atoms with van der Waals surface area (Å²) in [6.45, 7) is 3.88. The van der Waals surface area contributed by atoms with Crippen LogP contribution in [0.3, 0.4) is 0 Å². The molecule has 0 radical (unpaired) electrons. The maximum absolute atomic E-state index is 10.9. The summed E-state index contributed by atoms with van der Waals surface area (Å²) in [5.74, 6) is -0.430. The van der Waals surface area contributed by atoms with Gasteiger partial charge in [0.2, 0.25) is 0 Å². The van der Waals surface area contributed by atoms with E-state index >= 15 is 0 Å². The maximum Gasteiger partial charge on any atom is 0.289 e. The normalized spacial score (nSPS) is 20.8. The van der Waals surface area contributed by atoms with Crippen LogP contribution < -0.4 is 5.43 Å². The summed E-state index contributed by atoms with van der Waals surface area (Å²) in [5.41, 5.74) is 3.87. The van der Waals surface area contributed by atoms with Crippen molar-refractivity contribution >= 4 is 17.8 Å². The number of hydrogen-bond donors (Lipinski definition) is 2. The van der Waals surface area contributed by atoms with Crippen LogP contribution >= 0.6 is 0 Å². The molecule has 1 amide bonds. The number of rotatable bonds is 1. The Kier molecular flexibility index (Phi) is 2.38. The number of nitrogens with zero attached hydrogens (tertiary/aromatic N) is 1. The van der Waals surface area contributed by atoms with E-state index in [9.17, 15) is 4.79 Å². The van der Waals surface area contributed by atoms with E-state index in [0.717, 1.165) is 12.0 Å². The molecule has 0 aromatic heterocycles. The molecule has 0 aromatic carbocycles. The summed E-state index contributed by atoms with van der Waals surface area (Å²) >= 11 is 0. The van der Waals surface area contributed by atoms with Gasteiger partial charge in [-0.05, 0) is 13.3 Å². The standard InChI is InChI=1S/C8H11N3O/c1-3-5(2)6-4-10-11-8(12)7(6)9/h4,9H,3H2,1-2H3,(H,11,12)/b6-5-,9-7?. The zero-order valence-corrected chi connectivity index (χ0v) is 7.14. The van der Waals surface area contributed by atoms with Crippen LogP contribution in [-0.4, -0.2) is 17.8 Å². The van der Waals surface area contributed by atoms with Crippen LogP contribution in [0.15, 0.2) is 16.2 Å². The molecule has 0 atom stereocenters. The average Bonchev–Trinajstić information content (AvgIpc) is 2.08. The number of hydrogen-bond acceptors (Lipinski definition) is 3. The molecule has 64 valence electrons. The molecule has 1 heterocycles. The van der Waals surface area contributed by atoms with Crippen LogP contribution in [0.5, 0.6) is 0 Å². The Morgan fingerprint density at radius 2 is 2.42 bits per heavy atom. The fraction of sp³-hybridized carbons (Fsp3) is 0.375. The lowest BCUT2D eigenvalue weighted by atomic mass is 10.0. The van der Waals surface area contributed by atoms with E-state index < -0.39 is 5.91 Å². The van der Waals surface area contributed by atoms with E-state index in [4.69, 9.17) is 5.41 Å². The number of nitrogens with one attached hydrogen (secondary N) is 2. The molecule has 2 N–H and O–H groups in total. The highest BCUT2D eigenvalue weighted by Gasteiger charge is 2.17. The van der Waals surface area contributed by atoms with Gasteiger partial charge >= 0.3 is 0 Å². The number of carbonyl (C=O) groups is 1. The topological polar surface area (TPSA) is 65.3 Å². The Balaban J connectivity index is 3.07. The summed E-state index contributed by atoms with van der Waals surface area (Å²) in [4.78, 5) is 10.9. The van der Waals surface area contributed by atoms with E-state index in [2.05, 4.69) is 10.5 Å². The maximum atomic E-state index is 10.9. The highest BCUT2D eigenvalue weighted by molar-refractivity contribution is 6.49. The van der Waals surface area contributed by atoms with Crippen LogP contribution in [0.1, 0.15) is 20.3 Å². The number of carbonyl (C=O) groups excluding carboxylic acids is 1. The second-order valence-electron chi connectivity index (χ2n) is 2.62. The van der Waals surface area contributed by atoms with Crippen molar-refractivity contribution < 1.29 is 4.79 Å². The van der Waals surface area contributed by atoms with Gasteiger partial charge in [0.1, 0.15) is 5.71 Å². The average molecular weight is 165 g/mol. The van der Waals surface area contributed by atoms with Crippen molar-refractivity contribution in [3.63, 3.8) is 0 Å². The molecule has 0 aliphatic carbocycles. The quantitative estimate of drug-likeness (QED) is 0.594. The molecule has 4 nitrogen and oxygen atoms in total. The van der Waals surface area contributed by atoms with E-state index in [1.54, 1.807) is 0 Å². The predicted molar refractivity (Wildman–Crippen MR) is 47.4 cm³/mol. The monoisotopic (exact) mass is 165 g/mol. The van der Waals surface area contributed by atoms with Gasteiger partial charge in [0.05, 0.1) is 6.21 Å². The van der Waals surface area contributed by atoms with Gasteiger partial charge in [-0.2, -0.15) is 5.10 Å². The second kappa shape index (κ2) is 3.30. The Labute approximate surface area is 70.9 Å². The summed E-state index contributed by atoms with van der Waals surface area (Å²) < 4.78 is 0. The molecule has 0 bridgehead atoms. The van der Waals surface area contributed by atoms with Gasteiger partial charge < -0.3 is 0 Å². The van der Waals surface area contributed by atoms with Crippen molar-refractivity contribution in [1.29, 1.82) is 5.41 Å². The minimum absolute atomic E-state index is 0.00403. The van der Waals surface area contributed by atoms with Crippen molar-refractivity contribution in [2.24, 2.45) is 5.10 Å². The molecule has 4 heteroatoms. The fourth-order valence-corrected chi connectivity index (χ4v) is 0.912. The molecule has 12 heavy (non-hydrogen) atoms. The van der Waals surface area contributed by atoms with E-state index in [1.807, 2.05) is 13.8 Å². The molecular weight excluding hydrogens is 154 g/mol. The molecule has 1 aliphatic heterocycles. The SMILES string of the molecule is CC/C(C)=C1/C=NNC(=O)C1=N. The largest absolute Gasteiger partial charge is 0.295 e. The Morgan fingerprint density at radius 3 is 3.00 bits per heavy atom. The minimum atomic E-state index is -0.430. The van der Waals surface area contributed by atoms with Gasteiger partial charge in [0.15, 0.2) is 0 Å². The first kappa shape index (κ1) is 8.64. The van der Waals surface area contributed by atoms with Crippen molar-refractivity contribution in [3.05, 3.63) is 11.1 Å². The summed E-state index contributed by atoms with van der Waals surface area (Å²) in [6.07, 6.45) is 2.35. The molecule has 0 saturated carbocycles. The first-order chi connectivity index (χ1) is 5.66.